The van der Waals surface area contributed by atoms with Crippen LogP contribution in [-0.4, -0.2) is 22.9 Å². The highest BCUT2D eigenvalue weighted by Crippen LogP contribution is 2.22. The summed E-state index contributed by atoms with van der Waals surface area (Å²) in [7, 11) is 0. The average Bonchev–Trinajstić information content (AvgIpc) is 2.74. The highest BCUT2D eigenvalue weighted by Gasteiger charge is 2.26. The fourth-order valence-corrected chi connectivity index (χ4v) is 2.60. The summed E-state index contributed by atoms with van der Waals surface area (Å²) in [6, 6.07) is 20.0. The van der Waals surface area contributed by atoms with Crippen LogP contribution in [0.4, 0.5) is 0 Å². The first-order valence-electron chi connectivity index (χ1n) is 9.29. The molecule has 3 rings (SSSR count). The van der Waals surface area contributed by atoms with E-state index in [0.717, 1.165) is 0 Å². The van der Waals surface area contributed by atoms with Crippen molar-refractivity contribution in [2.45, 2.75) is 19.9 Å². The Labute approximate surface area is 169 Å². The van der Waals surface area contributed by atoms with Crippen LogP contribution in [0, 0.1) is 5.92 Å². The lowest BCUT2D eigenvalue weighted by Crippen LogP contribution is -2.46. The monoisotopic (exact) mass is 390 g/mol. The number of hydrogen-bond acceptors (Lipinski definition) is 5. The zero-order valence-corrected chi connectivity index (χ0v) is 16.2. The zero-order chi connectivity index (χ0) is 20.6. The molecule has 1 unspecified atom stereocenters. The second-order valence-electron chi connectivity index (χ2n) is 6.72. The van der Waals surface area contributed by atoms with E-state index in [9.17, 15) is 9.59 Å². The molecular formula is C23H22N2O4. The van der Waals surface area contributed by atoms with E-state index in [4.69, 9.17) is 9.47 Å². The lowest BCUT2D eigenvalue weighted by atomic mass is 10.0. The van der Waals surface area contributed by atoms with Crippen molar-refractivity contribution < 1.29 is 19.1 Å². The Morgan fingerprint density at radius 2 is 1.52 bits per heavy atom. The zero-order valence-electron chi connectivity index (χ0n) is 16.2. The molecule has 0 fully saturated rings. The molecule has 0 aliphatic rings. The quantitative estimate of drug-likeness (QED) is 0.482. The summed E-state index contributed by atoms with van der Waals surface area (Å²) in [5, 5.41) is 2.75. The molecule has 1 heterocycles. The minimum atomic E-state index is -0.771. The smallest absolute Gasteiger partial charge is 0.334 e. The van der Waals surface area contributed by atoms with Crippen LogP contribution in [0.1, 0.15) is 24.2 Å². The summed E-state index contributed by atoms with van der Waals surface area (Å²) in [6.07, 6.45) is 1.64. The lowest BCUT2D eigenvalue weighted by Gasteiger charge is -2.20. The van der Waals surface area contributed by atoms with Gasteiger partial charge in [-0.2, -0.15) is 0 Å². The van der Waals surface area contributed by atoms with Crippen molar-refractivity contribution in [3.8, 4) is 17.4 Å². The molecule has 6 nitrogen and oxygen atoms in total. The van der Waals surface area contributed by atoms with Crippen LogP contribution >= 0.6 is 0 Å². The minimum Gasteiger partial charge on any atom is -0.439 e. The van der Waals surface area contributed by atoms with Gasteiger partial charge in [-0.05, 0) is 48.4 Å². The number of carbonyl (C=O) groups is 2. The Morgan fingerprint density at radius 3 is 2.14 bits per heavy atom. The van der Waals surface area contributed by atoms with Gasteiger partial charge in [0.05, 0.1) is 0 Å². The Hall–Kier alpha value is -3.67. The first kappa shape index (κ1) is 20.1. The van der Waals surface area contributed by atoms with Crippen molar-refractivity contribution in [2.24, 2.45) is 5.92 Å². The maximum atomic E-state index is 12.6. The van der Waals surface area contributed by atoms with Crippen molar-refractivity contribution in [2.75, 3.05) is 0 Å². The number of nitrogens with one attached hydrogen (secondary N) is 1. The van der Waals surface area contributed by atoms with Gasteiger partial charge >= 0.3 is 5.97 Å². The maximum absolute atomic E-state index is 12.6. The highest BCUT2D eigenvalue weighted by molar-refractivity contribution is 5.97. The molecule has 1 aromatic heterocycles. The van der Waals surface area contributed by atoms with Crippen molar-refractivity contribution in [1.29, 1.82) is 0 Å². The van der Waals surface area contributed by atoms with E-state index in [1.54, 1.807) is 66.9 Å². The summed E-state index contributed by atoms with van der Waals surface area (Å²) in [5.41, 5.74) is 0.488. The molecule has 148 valence electrons. The van der Waals surface area contributed by atoms with E-state index < -0.39 is 12.0 Å². The van der Waals surface area contributed by atoms with Crippen LogP contribution in [0.2, 0.25) is 0 Å². The lowest BCUT2D eigenvalue weighted by molar-refractivity contribution is -0.137. The van der Waals surface area contributed by atoms with Crippen molar-refractivity contribution in [1.82, 2.24) is 10.3 Å². The van der Waals surface area contributed by atoms with E-state index in [2.05, 4.69) is 10.3 Å². The number of esters is 1. The fourth-order valence-electron chi connectivity index (χ4n) is 2.60. The summed E-state index contributed by atoms with van der Waals surface area (Å²) in [6.45, 7) is 3.70. The van der Waals surface area contributed by atoms with E-state index >= 15 is 0 Å². The molecule has 29 heavy (non-hydrogen) atoms. The van der Waals surface area contributed by atoms with Crippen LogP contribution in [0.25, 0.3) is 0 Å². The number of pyridine rings is 1. The molecule has 0 spiro atoms. The van der Waals surface area contributed by atoms with Gasteiger partial charge in [-0.15, -0.1) is 0 Å². The molecule has 0 saturated carbocycles. The van der Waals surface area contributed by atoms with Crippen molar-refractivity contribution >= 4 is 11.9 Å². The minimum absolute atomic E-state index is 0.137. The third-order valence-corrected chi connectivity index (χ3v) is 4.15. The molecule has 0 aliphatic heterocycles. The van der Waals surface area contributed by atoms with E-state index in [-0.39, 0.29) is 11.8 Å². The Bertz CT molecular complexity index is 942. The molecule has 0 bridgehead atoms. The Morgan fingerprint density at radius 1 is 0.862 bits per heavy atom. The molecule has 6 heteroatoms. The summed E-state index contributed by atoms with van der Waals surface area (Å²) in [4.78, 5) is 29.1. The Balaban J connectivity index is 1.63. The molecule has 1 atom stereocenters. The largest absolute Gasteiger partial charge is 0.439 e. The van der Waals surface area contributed by atoms with Crippen LogP contribution in [0.5, 0.6) is 17.4 Å². The normalized spacial score (nSPS) is 11.6. The van der Waals surface area contributed by atoms with Crippen molar-refractivity contribution in [3.05, 3.63) is 84.6 Å². The van der Waals surface area contributed by atoms with Gasteiger partial charge in [0.15, 0.2) is 0 Å². The van der Waals surface area contributed by atoms with E-state index in [0.29, 0.717) is 22.9 Å². The number of amides is 1. The van der Waals surface area contributed by atoms with Crippen LogP contribution in [-0.2, 0) is 4.79 Å². The number of ether oxygens (including phenoxy) is 2. The molecule has 0 radical (unpaired) electrons. The van der Waals surface area contributed by atoms with Crippen LogP contribution in [0.15, 0.2) is 79.0 Å². The third-order valence-electron chi connectivity index (χ3n) is 4.15. The van der Waals surface area contributed by atoms with Gasteiger partial charge in [0.2, 0.25) is 5.88 Å². The topological polar surface area (TPSA) is 77.5 Å². The van der Waals surface area contributed by atoms with Gasteiger partial charge in [-0.1, -0.05) is 38.1 Å². The summed E-state index contributed by atoms with van der Waals surface area (Å²) in [5.74, 6) is 0.426. The third kappa shape index (κ3) is 5.65. The SMILES string of the molecule is CC(C)C(NC(=O)c1ccccc1)C(=O)Oc1ccc(Oc2ccccn2)cc1. The predicted octanol–water partition coefficient (Wildman–Crippen LogP) is 4.23. The molecular weight excluding hydrogens is 368 g/mol. The van der Waals surface area contributed by atoms with E-state index in [1.807, 2.05) is 26.0 Å². The number of carbonyl (C=O) groups excluding carboxylic acids is 2. The maximum Gasteiger partial charge on any atom is 0.334 e. The molecule has 2 aromatic carbocycles. The first-order chi connectivity index (χ1) is 14.0. The number of rotatable bonds is 7. The summed E-state index contributed by atoms with van der Waals surface area (Å²) >= 11 is 0. The molecule has 1 amide bonds. The van der Waals surface area contributed by atoms with Gasteiger partial charge in [-0.3, -0.25) is 4.79 Å². The van der Waals surface area contributed by atoms with Crippen LogP contribution in [0.3, 0.4) is 0 Å². The first-order valence-corrected chi connectivity index (χ1v) is 9.29. The highest BCUT2D eigenvalue weighted by atomic mass is 16.5. The van der Waals surface area contributed by atoms with Gasteiger partial charge in [0, 0.05) is 17.8 Å². The van der Waals surface area contributed by atoms with Gasteiger partial charge in [-0.25, -0.2) is 9.78 Å². The molecule has 0 aliphatic carbocycles. The number of aromatic nitrogens is 1. The average molecular weight is 390 g/mol. The fraction of sp³-hybridized carbons (Fsp3) is 0.174. The second-order valence-corrected chi connectivity index (χ2v) is 6.72. The van der Waals surface area contributed by atoms with E-state index in [1.165, 1.54) is 0 Å². The summed E-state index contributed by atoms with van der Waals surface area (Å²) < 4.78 is 11.1. The standard InChI is InChI=1S/C23H22N2O4/c1-16(2)21(25-22(26)17-8-4-3-5-9-17)23(27)29-19-13-11-18(12-14-19)28-20-10-6-7-15-24-20/h3-16,21H,1-2H3,(H,25,26). The van der Waals surface area contributed by atoms with Crippen LogP contribution < -0.4 is 14.8 Å². The predicted molar refractivity (Wildman–Crippen MR) is 109 cm³/mol. The molecule has 3 aromatic rings. The molecule has 0 saturated heterocycles. The van der Waals surface area contributed by atoms with Crippen molar-refractivity contribution in [3.63, 3.8) is 0 Å². The van der Waals surface area contributed by atoms with Gasteiger partial charge in [0.25, 0.3) is 5.91 Å². The van der Waals surface area contributed by atoms with Gasteiger partial charge in [0.1, 0.15) is 17.5 Å². The second kappa shape index (κ2) is 9.50. The molecule has 1 N–H and O–H groups in total. The Kier molecular flexibility index (Phi) is 6.58. The number of hydrogen-bond donors (Lipinski definition) is 1. The van der Waals surface area contributed by atoms with Gasteiger partial charge < -0.3 is 14.8 Å². The number of nitrogens with zero attached hydrogens (tertiary/aromatic N) is 1. The number of benzene rings is 2.